The topological polar surface area (TPSA) is 205 Å². The second kappa shape index (κ2) is 53.3. The smallest absolute Gasteiger partial charge is 0.306 e. The van der Waals surface area contributed by atoms with E-state index >= 15 is 14.2 Å². The van der Waals surface area contributed by atoms with Gasteiger partial charge in [-0.1, -0.05) is 340 Å². The SMILES string of the molecule is CCCCCCCCCCCCCC(=O)O[C@H](CCCCCCCCCCC)CC(=O)N[C@]1(O)[C@H](OC)O[C@H](CO[Si](C)(C)C(C)(C)C)[C@@H](OP(=O)(Cc2ccccc2)Cc2ccccc2)[C@@]1(O)NC(=O)C[C@@H](CCCCCCCCCCC)OC(=O)CCCCCCCCCCCCC. The van der Waals surface area contributed by atoms with Crippen LogP contribution in [-0.4, -0.2) is 98.2 Å². The van der Waals surface area contributed by atoms with Crippen molar-refractivity contribution in [2.24, 2.45) is 0 Å². The first-order valence-electron chi connectivity index (χ1n) is 40.7. The van der Waals surface area contributed by atoms with Crippen LogP contribution in [0, 0.1) is 0 Å². The van der Waals surface area contributed by atoms with Gasteiger partial charge in [-0.05, 0) is 67.8 Å². The van der Waals surface area contributed by atoms with Crippen LogP contribution in [0.3, 0.4) is 0 Å². The van der Waals surface area contributed by atoms with E-state index in [1.807, 2.05) is 60.7 Å². The number of ether oxygens (including phenoxy) is 4. The van der Waals surface area contributed by atoms with Crippen molar-refractivity contribution < 1.29 is 61.9 Å². The molecule has 0 radical (unpaired) electrons. The van der Waals surface area contributed by atoms with Crippen molar-refractivity contribution in [2.45, 2.75) is 416 Å². The maximum absolute atomic E-state index is 16.3. The fraction of sp³-hybridized carbons (Fsp3) is 0.807. The molecular weight excluding hydrogens is 1290 g/mol. The maximum Gasteiger partial charge on any atom is 0.306 e. The van der Waals surface area contributed by atoms with Gasteiger partial charge in [-0.15, -0.1) is 0 Å². The van der Waals surface area contributed by atoms with Gasteiger partial charge in [-0.2, -0.15) is 0 Å². The van der Waals surface area contributed by atoms with Crippen molar-refractivity contribution in [3.63, 3.8) is 0 Å². The largest absolute Gasteiger partial charge is 0.462 e. The summed E-state index contributed by atoms with van der Waals surface area (Å²) in [7, 11) is -5.56. The number of carbonyl (C=O) groups is 4. The third-order valence-corrected chi connectivity index (χ3v) is 27.6. The van der Waals surface area contributed by atoms with E-state index in [1.165, 1.54) is 148 Å². The molecule has 0 spiro atoms. The highest BCUT2D eigenvalue weighted by atomic mass is 31.2. The average molecular weight is 1440 g/mol. The third kappa shape index (κ3) is 38.0. The average Bonchev–Trinajstić information content (AvgIpc) is 0.718. The van der Waals surface area contributed by atoms with Crippen LogP contribution in [0.1, 0.15) is 355 Å². The highest BCUT2D eigenvalue weighted by Crippen LogP contribution is 2.57. The number of amides is 2. The van der Waals surface area contributed by atoms with Gasteiger partial charge in [0.15, 0.2) is 8.32 Å². The van der Waals surface area contributed by atoms with Gasteiger partial charge in [0.05, 0.1) is 31.8 Å². The van der Waals surface area contributed by atoms with Crippen molar-refractivity contribution in [1.82, 2.24) is 10.6 Å². The lowest BCUT2D eigenvalue weighted by Crippen LogP contribution is -2.85. The normalized spacial score (nSPS) is 18.7. The van der Waals surface area contributed by atoms with Gasteiger partial charge < -0.3 is 48.7 Å². The summed E-state index contributed by atoms with van der Waals surface area (Å²) in [5.74, 6) is -2.50. The summed E-state index contributed by atoms with van der Waals surface area (Å²) < 4.78 is 55.4. The number of benzene rings is 2. The lowest BCUT2D eigenvalue weighted by atomic mass is 9.85. The fourth-order valence-electron chi connectivity index (χ4n) is 13.4. The highest BCUT2D eigenvalue weighted by molar-refractivity contribution is 7.57. The third-order valence-electron chi connectivity index (χ3n) is 20.7. The quantitative estimate of drug-likeness (QED) is 0.0160. The first-order valence-corrected chi connectivity index (χ1v) is 45.6. The summed E-state index contributed by atoms with van der Waals surface area (Å²) in [6.07, 6.45) is 37.0. The van der Waals surface area contributed by atoms with Gasteiger partial charge in [0.25, 0.3) is 0 Å². The molecular formula is C83H147N2O13PSi. The zero-order valence-electron chi connectivity index (χ0n) is 65.1. The Hall–Kier alpha value is -3.47. The number of carbonyl (C=O) groups excluding carboxylic acids is 4. The molecule has 0 bridgehead atoms. The Balaban J connectivity index is 2.15. The van der Waals surface area contributed by atoms with Gasteiger partial charge >= 0.3 is 11.9 Å². The molecule has 1 aliphatic rings. The minimum atomic E-state index is -4.13. The lowest BCUT2D eigenvalue weighted by Gasteiger charge is -2.56. The van der Waals surface area contributed by atoms with Crippen LogP contribution in [0.2, 0.25) is 18.1 Å². The number of nitrogens with one attached hydrogen (secondary N) is 2. The van der Waals surface area contributed by atoms with E-state index in [-0.39, 0.29) is 36.8 Å². The minimum Gasteiger partial charge on any atom is -0.462 e. The molecule has 1 aliphatic heterocycles. The van der Waals surface area contributed by atoms with Crippen molar-refractivity contribution in [3.8, 4) is 0 Å². The van der Waals surface area contributed by atoms with Gasteiger partial charge in [0.2, 0.25) is 36.9 Å². The first-order chi connectivity index (χ1) is 48.1. The zero-order chi connectivity index (χ0) is 73.2. The van der Waals surface area contributed by atoms with Crippen LogP contribution in [0.5, 0.6) is 0 Å². The molecule has 17 heteroatoms. The molecule has 0 saturated carbocycles. The molecule has 4 N–H and O–H groups in total. The number of hydrogen-bond donors (Lipinski definition) is 4. The first kappa shape index (κ1) is 90.7. The van der Waals surface area contributed by atoms with Crippen LogP contribution in [0.4, 0.5) is 0 Å². The predicted molar refractivity (Wildman–Crippen MR) is 413 cm³/mol. The molecule has 1 heterocycles. The number of esters is 2. The number of rotatable bonds is 62. The zero-order valence-corrected chi connectivity index (χ0v) is 67.0. The predicted octanol–water partition coefficient (Wildman–Crippen LogP) is 21.9. The molecule has 7 atom stereocenters. The van der Waals surface area contributed by atoms with Crippen LogP contribution < -0.4 is 10.6 Å². The Bertz CT molecular complexity index is 2420. The minimum absolute atomic E-state index is 0.126. The Kier molecular flexibility index (Phi) is 48.4. The van der Waals surface area contributed by atoms with Gasteiger partial charge in [0, 0.05) is 20.0 Å². The Morgan fingerprint density at radius 2 is 0.800 bits per heavy atom. The summed E-state index contributed by atoms with van der Waals surface area (Å²) in [5.41, 5.74) is -4.88. The fourth-order valence-corrected chi connectivity index (χ4v) is 17.0. The van der Waals surface area contributed by atoms with E-state index in [0.717, 1.165) is 89.9 Å². The van der Waals surface area contributed by atoms with E-state index < -0.39 is 94.4 Å². The van der Waals surface area contributed by atoms with E-state index in [9.17, 15) is 19.8 Å². The van der Waals surface area contributed by atoms with E-state index in [1.54, 1.807) is 0 Å². The second-order valence-electron chi connectivity index (χ2n) is 31.0. The van der Waals surface area contributed by atoms with Gasteiger partial charge in [-0.25, -0.2) is 0 Å². The maximum atomic E-state index is 16.3. The molecule has 2 aromatic carbocycles. The summed E-state index contributed by atoms with van der Waals surface area (Å²) in [4.78, 5) is 58.4. The Morgan fingerprint density at radius 3 is 1.12 bits per heavy atom. The molecule has 0 aromatic heterocycles. The van der Waals surface area contributed by atoms with E-state index in [0.29, 0.717) is 49.7 Å². The van der Waals surface area contributed by atoms with Gasteiger partial charge in [0.1, 0.15) is 24.4 Å². The molecule has 2 aromatic rings. The molecule has 1 fully saturated rings. The Labute approximate surface area is 610 Å². The summed E-state index contributed by atoms with van der Waals surface area (Å²) in [6.45, 7) is 19.0. The molecule has 0 aliphatic carbocycles. The van der Waals surface area contributed by atoms with Crippen molar-refractivity contribution in [1.29, 1.82) is 0 Å². The Morgan fingerprint density at radius 1 is 0.490 bits per heavy atom. The number of unbranched alkanes of at least 4 members (excludes halogenated alkanes) is 36. The molecule has 100 heavy (non-hydrogen) atoms. The van der Waals surface area contributed by atoms with E-state index in [4.69, 9.17) is 27.9 Å². The van der Waals surface area contributed by atoms with Gasteiger partial charge in [-0.3, -0.25) is 23.7 Å². The van der Waals surface area contributed by atoms with Crippen LogP contribution in [-0.2, 0) is 64.0 Å². The van der Waals surface area contributed by atoms with Crippen molar-refractivity contribution in [3.05, 3.63) is 71.8 Å². The second-order valence-corrected chi connectivity index (χ2v) is 38.3. The van der Waals surface area contributed by atoms with Crippen LogP contribution >= 0.6 is 7.37 Å². The standard InChI is InChI=1S/C83H147N2O13PSi/c1-11-15-19-23-27-31-33-37-41-45-55-63-77(88)95-72(61-53-43-39-35-29-25-21-17-13-3)65-75(86)84-82(90)79(98-99(92,68-70-57-49-47-50-58-70)69-71-59-51-48-52-60-71)74(67-94-100(9,10)81(5,6)7)97-80(93-8)83(82,91)85-76(87)66-73(62-54-44-40-36-30-26-22-18-14-4)96-78(89)64-56-46-42-38-34-32-28-24-20-16-12-2/h47-52,57-60,72-74,79-80,90-91H,11-46,53-56,61-69H2,1-10H3,(H,84,86)(H,85,87)/t72-,73-,74-,79-,80-,82+,83+/m1/s1. The lowest BCUT2D eigenvalue weighted by molar-refractivity contribution is -0.377. The van der Waals surface area contributed by atoms with Crippen molar-refractivity contribution in [2.75, 3.05) is 13.7 Å². The molecule has 1 saturated heterocycles. The molecule has 0 unspecified atom stereocenters. The number of hydrogen-bond acceptors (Lipinski definition) is 13. The van der Waals surface area contributed by atoms with Crippen molar-refractivity contribution >= 4 is 39.4 Å². The molecule has 576 valence electrons. The number of aliphatic hydroxyl groups is 2. The molecule has 3 rings (SSSR count). The highest BCUT2D eigenvalue weighted by Gasteiger charge is 2.69. The molecule has 15 nitrogen and oxygen atoms in total. The summed E-state index contributed by atoms with van der Waals surface area (Å²) >= 11 is 0. The number of methoxy groups -OCH3 is 1. The molecule has 2 amide bonds. The van der Waals surface area contributed by atoms with E-state index in [2.05, 4.69) is 72.2 Å². The summed E-state index contributed by atoms with van der Waals surface area (Å²) in [5, 5.41) is 33.1. The monoisotopic (exact) mass is 1440 g/mol. The summed E-state index contributed by atoms with van der Waals surface area (Å²) in [6, 6.07) is 18.4. The van der Waals surface area contributed by atoms with Crippen LogP contribution in [0.15, 0.2) is 60.7 Å². The van der Waals surface area contributed by atoms with Crippen LogP contribution in [0.25, 0.3) is 0 Å².